The van der Waals surface area contributed by atoms with E-state index in [1.54, 1.807) is 0 Å². The molecule has 0 atom stereocenters. The number of aromatic nitrogens is 2. The Morgan fingerprint density at radius 1 is 0.316 bits per heavy atom. The molecule has 38 heavy (non-hydrogen) atoms. The molecule has 0 saturated carbocycles. The standard InChI is InChI=1S/C36H24N2/c1-5-13-23-19(9-1)29-20-10-2-6-14-24(20)31(23)33-27(29)17-37-35(33)36-34-28(18-38-36)30-21-11-3-7-15-25(21)32(34)26-16-8-4-12-22(26)30/h1-18,29-32,37-38H. The van der Waals surface area contributed by atoms with Crippen LogP contribution < -0.4 is 0 Å². The van der Waals surface area contributed by atoms with Crippen LogP contribution >= 0.6 is 0 Å². The van der Waals surface area contributed by atoms with E-state index in [2.05, 4.69) is 119 Å². The van der Waals surface area contributed by atoms with Crippen molar-refractivity contribution in [2.45, 2.75) is 23.7 Å². The molecule has 178 valence electrons. The van der Waals surface area contributed by atoms with Gasteiger partial charge in [0.15, 0.2) is 0 Å². The Morgan fingerprint density at radius 3 is 0.868 bits per heavy atom. The number of aromatic amines is 2. The maximum absolute atomic E-state index is 3.82. The first-order valence-electron chi connectivity index (χ1n) is 13.7. The normalized spacial score (nSPS) is 22.2. The third-order valence-electron chi connectivity index (χ3n) is 9.83. The molecule has 4 aromatic carbocycles. The van der Waals surface area contributed by atoms with E-state index in [4.69, 9.17) is 0 Å². The average molecular weight is 485 g/mol. The lowest BCUT2D eigenvalue weighted by Crippen LogP contribution is -2.27. The zero-order chi connectivity index (χ0) is 24.5. The smallest absolute Gasteiger partial charge is 0.0668 e. The molecule has 0 fully saturated rings. The summed E-state index contributed by atoms with van der Waals surface area (Å²) in [6.45, 7) is 0. The summed E-state index contributed by atoms with van der Waals surface area (Å²) in [5.41, 5.74) is 20.0. The first kappa shape index (κ1) is 19.5. The fourth-order valence-electron chi connectivity index (χ4n) is 8.52. The van der Waals surface area contributed by atoms with Crippen LogP contribution in [0.2, 0.25) is 0 Å². The molecule has 2 heteroatoms. The van der Waals surface area contributed by atoms with Crippen molar-refractivity contribution in [2.75, 3.05) is 0 Å². The highest BCUT2D eigenvalue weighted by Crippen LogP contribution is 2.61. The Balaban J connectivity index is 1.24. The summed E-state index contributed by atoms with van der Waals surface area (Å²) in [6.07, 6.45) is 4.59. The van der Waals surface area contributed by atoms with E-state index in [1.807, 2.05) is 0 Å². The lowest BCUT2D eigenvalue weighted by molar-refractivity contribution is 0.756. The highest BCUT2D eigenvalue weighted by atomic mass is 14.8. The molecule has 0 saturated heterocycles. The summed E-state index contributed by atoms with van der Waals surface area (Å²) in [7, 11) is 0. The van der Waals surface area contributed by atoms with E-state index < -0.39 is 0 Å². The molecule has 0 aliphatic heterocycles. The number of nitrogens with one attached hydrogen (secondary N) is 2. The van der Waals surface area contributed by atoms with Crippen molar-refractivity contribution in [1.82, 2.24) is 9.97 Å². The van der Waals surface area contributed by atoms with Gasteiger partial charge in [-0.05, 0) is 66.8 Å². The molecular weight excluding hydrogens is 460 g/mol. The van der Waals surface area contributed by atoms with E-state index in [0.717, 1.165) is 0 Å². The summed E-state index contributed by atoms with van der Waals surface area (Å²) >= 11 is 0. The van der Waals surface area contributed by atoms with Crippen molar-refractivity contribution in [1.29, 1.82) is 0 Å². The quantitative estimate of drug-likeness (QED) is 0.237. The number of rotatable bonds is 1. The fourth-order valence-corrected chi connectivity index (χ4v) is 8.52. The molecule has 6 aliphatic rings. The lowest BCUT2D eigenvalue weighted by Gasteiger charge is -2.42. The van der Waals surface area contributed by atoms with E-state index in [1.165, 1.54) is 78.1 Å². The third-order valence-corrected chi connectivity index (χ3v) is 9.83. The topological polar surface area (TPSA) is 31.6 Å². The van der Waals surface area contributed by atoms with Crippen molar-refractivity contribution in [2.24, 2.45) is 0 Å². The van der Waals surface area contributed by atoms with Gasteiger partial charge < -0.3 is 9.97 Å². The van der Waals surface area contributed by atoms with Crippen LogP contribution in [-0.2, 0) is 0 Å². The first-order chi connectivity index (χ1) is 18.9. The minimum Gasteiger partial charge on any atom is -0.359 e. The van der Waals surface area contributed by atoms with E-state index >= 15 is 0 Å². The molecule has 2 N–H and O–H groups in total. The van der Waals surface area contributed by atoms with Crippen LogP contribution in [0.4, 0.5) is 0 Å². The van der Waals surface area contributed by atoms with Gasteiger partial charge in [0.1, 0.15) is 0 Å². The summed E-state index contributed by atoms with van der Waals surface area (Å²) < 4.78 is 0. The van der Waals surface area contributed by atoms with E-state index in [0.29, 0.717) is 0 Å². The molecular formula is C36H24N2. The minimum atomic E-state index is 0.253. The SMILES string of the molecule is c1ccc2c(c1)C1c3ccccc3C2c2c1c[nH]c2-c1[nH]cc2c1C1c3ccccc3C2c2ccccc21. The molecule has 0 unspecified atom stereocenters. The second kappa shape index (κ2) is 6.65. The van der Waals surface area contributed by atoms with Crippen molar-refractivity contribution < 1.29 is 0 Å². The van der Waals surface area contributed by atoms with Crippen LogP contribution in [0, 0.1) is 0 Å². The largest absolute Gasteiger partial charge is 0.359 e. The molecule has 0 spiro atoms. The lowest BCUT2D eigenvalue weighted by atomic mass is 9.60. The number of hydrogen-bond donors (Lipinski definition) is 2. The molecule has 6 aliphatic carbocycles. The van der Waals surface area contributed by atoms with Crippen LogP contribution in [0.15, 0.2) is 109 Å². The van der Waals surface area contributed by atoms with Gasteiger partial charge in [0.2, 0.25) is 0 Å². The summed E-state index contributed by atoms with van der Waals surface area (Å²) in [4.78, 5) is 7.63. The highest BCUT2D eigenvalue weighted by Gasteiger charge is 2.46. The maximum atomic E-state index is 3.82. The first-order valence-corrected chi connectivity index (χ1v) is 13.7. The molecule has 6 aromatic rings. The summed E-state index contributed by atoms with van der Waals surface area (Å²) in [5, 5.41) is 0. The average Bonchev–Trinajstić information content (AvgIpc) is 3.62. The van der Waals surface area contributed by atoms with Crippen LogP contribution in [-0.4, -0.2) is 9.97 Å². The van der Waals surface area contributed by atoms with Gasteiger partial charge in [-0.25, -0.2) is 0 Å². The van der Waals surface area contributed by atoms with Crippen LogP contribution in [0.5, 0.6) is 0 Å². The van der Waals surface area contributed by atoms with Crippen LogP contribution in [0.25, 0.3) is 11.4 Å². The highest BCUT2D eigenvalue weighted by molar-refractivity contribution is 5.81. The Morgan fingerprint density at radius 2 is 0.579 bits per heavy atom. The van der Waals surface area contributed by atoms with Gasteiger partial charge >= 0.3 is 0 Å². The summed E-state index contributed by atoms with van der Waals surface area (Å²) in [6, 6.07) is 36.3. The zero-order valence-electron chi connectivity index (χ0n) is 20.7. The number of hydrogen-bond acceptors (Lipinski definition) is 0. The molecule has 12 rings (SSSR count). The Hall–Kier alpha value is -4.56. The minimum absolute atomic E-state index is 0.253. The van der Waals surface area contributed by atoms with Crippen molar-refractivity contribution >= 4 is 0 Å². The second-order valence-electron chi connectivity index (χ2n) is 11.3. The third kappa shape index (κ3) is 2.11. The molecule has 0 amide bonds. The molecule has 2 heterocycles. The van der Waals surface area contributed by atoms with Gasteiger partial charge in [-0.3, -0.25) is 0 Å². The number of H-pyrrole nitrogens is 2. The molecule has 4 bridgehead atoms. The Labute approximate surface area is 221 Å². The number of benzene rings is 4. The van der Waals surface area contributed by atoms with Crippen molar-refractivity contribution in [3.8, 4) is 11.4 Å². The van der Waals surface area contributed by atoms with Gasteiger partial charge in [0.05, 0.1) is 11.4 Å². The van der Waals surface area contributed by atoms with Gasteiger partial charge in [0, 0.05) is 36.1 Å². The fraction of sp³-hybridized carbons (Fsp3) is 0.111. The Kier molecular flexibility index (Phi) is 3.42. The van der Waals surface area contributed by atoms with Crippen LogP contribution in [0.1, 0.15) is 90.4 Å². The predicted molar refractivity (Wildman–Crippen MR) is 150 cm³/mol. The van der Waals surface area contributed by atoms with Crippen molar-refractivity contribution in [3.05, 3.63) is 176 Å². The van der Waals surface area contributed by atoms with Crippen molar-refractivity contribution in [3.63, 3.8) is 0 Å². The Bertz CT molecular complexity index is 1730. The van der Waals surface area contributed by atoms with Gasteiger partial charge in [0.25, 0.3) is 0 Å². The second-order valence-corrected chi connectivity index (χ2v) is 11.3. The molecule has 0 radical (unpaired) electrons. The van der Waals surface area contributed by atoms with Gasteiger partial charge in [-0.2, -0.15) is 0 Å². The van der Waals surface area contributed by atoms with Crippen LogP contribution in [0.3, 0.4) is 0 Å². The maximum Gasteiger partial charge on any atom is 0.0668 e. The summed E-state index contributed by atoms with van der Waals surface area (Å²) in [5.74, 6) is 1.08. The van der Waals surface area contributed by atoms with Gasteiger partial charge in [-0.1, -0.05) is 97.1 Å². The van der Waals surface area contributed by atoms with E-state index in [-0.39, 0.29) is 23.7 Å². The zero-order valence-corrected chi connectivity index (χ0v) is 20.7. The molecule has 2 aromatic heterocycles. The predicted octanol–water partition coefficient (Wildman–Crippen LogP) is 7.98. The van der Waals surface area contributed by atoms with E-state index in [9.17, 15) is 0 Å². The monoisotopic (exact) mass is 484 g/mol. The molecule has 2 nitrogen and oxygen atoms in total. The van der Waals surface area contributed by atoms with Gasteiger partial charge in [-0.15, -0.1) is 0 Å².